The molecule has 0 saturated carbocycles. The molecule has 2 aliphatic heterocycles. The fraction of sp³-hybridized carbons (Fsp3) is 0.412. The Labute approximate surface area is 134 Å². The third kappa shape index (κ3) is 2.55. The molecule has 4 rings (SSSR count). The molecule has 0 aromatic carbocycles. The van der Waals surface area contributed by atoms with Crippen molar-refractivity contribution in [3.63, 3.8) is 0 Å². The Kier molecular flexibility index (Phi) is 3.68. The van der Waals surface area contributed by atoms with Gasteiger partial charge >= 0.3 is 0 Å². The maximum atomic E-state index is 12.8. The predicted octanol–water partition coefficient (Wildman–Crippen LogP) is 2.63. The van der Waals surface area contributed by atoms with E-state index in [0.29, 0.717) is 5.92 Å². The lowest BCUT2D eigenvalue weighted by atomic mass is 9.88. The van der Waals surface area contributed by atoms with Gasteiger partial charge in [0.2, 0.25) is 5.91 Å². The molecule has 0 bridgehead atoms. The molecular weight excluding hydrogens is 294 g/mol. The van der Waals surface area contributed by atoms with Crippen LogP contribution in [0.2, 0.25) is 0 Å². The third-order valence-electron chi connectivity index (χ3n) is 4.74. The number of piperidine rings is 1. The van der Waals surface area contributed by atoms with Gasteiger partial charge in [-0.15, -0.1) is 11.3 Å². The van der Waals surface area contributed by atoms with Crippen molar-refractivity contribution in [3.8, 4) is 0 Å². The number of aromatic nitrogens is 1. The van der Waals surface area contributed by atoms with Gasteiger partial charge in [0.05, 0.1) is 17.8 Å². The lowest BCUT2D eigenvalue weighted by molar-refractivity contribution is -0.124. The van der Waals surface area contributed by atoms with E-state index in [-0.39, 0.29) is 11.8 Å². The predicted molar refractivity (Wildman–Crippen MR) is 87.8 cm³/mol. The molecule has 0 spiro atoms. The quantitative estimate of drug-likeness (QED) is 0.874. The summed E-state index contributed by atoms with van der Waals surface area (Å²) in [6, 6.07) is 8.14. The van der Waals surface area contributed by atoms with E-state index >= 15 is 0 Å². The number of thiophene rings is 1. The van der Waals surface area contributed by atoms with Gasteiger partial charge < -0.3 is 4.90 Å². The minimum atomic E-state index is 0.147. The number of likely N-dealkylation sites (tertiary alicyclic amines) is 1. The molecule has 2 aromatic rings. The Morgan fingerprint density at radius 3 is 3.00 bits per heavy atom. The van der Waals surface area contributed by atoms with Crippen LogP contribution in [0.25, 0.3) is 0 Å². The van der Waals surface area contributed by atoms with Gasteiger partial charge in [-0.25, -0.2) is 0 Å². The van der Waals surface area contributed by atoms with Crippen LogP contribution >= 0.6 is 11.3 Å². The Morgan fingerprint density at radius 1 is 1.27 bits per heavy atom. The molecule has 4 heterocycles. The molecule has 2 atom stereocenters. The van der Waals surface area contributed by atoms with Gasteiger partial charge in [0, 0.05) is 37.3 Å². The fourth-order valence-corrected chi connectivity index (χ4v) is 4.41. The number of amides is 1. The van der Waals surface area contributed by atoms with E-state index in [2.05, 4.69) is 27.4 Å². The van der Waals surface area contributed by atoms with Gasteiger partial charge in [-0.2, -0.15) is 0 Å². The number of anilines is 1. The summed E-state index contributed by atoms with van der Waals surface area (Å²) in [5, 5.41) is 2.12. The second-order valence-corrected chi connectivity index (χ2v) is 7.16. The second-order valence-electron chi connectivity index (χ2n) is 6.13. The molecular formula is C17H19N3OS. The molecule has 114 valence electrons. The third-order valence-corrected chi connectivity index (χ3v) is 5.60. The van der Waals surface area contributed by atoms with Crippen LogP contribution in [0.4, 0.5) is 5.69 Å². The summed E-state index contributed by atoms with van der Waals surface area (Å²) in [5.41, 5.74) is 0.933. The molecule has 2 aromatic heterocycles. The van der Waals surface area contributed by atoms with Crippen molar-refractivity contribution < 1.29 is 4.79 Å². The van der Waals surface area contributed by atoms with Gasteiger partial charge in [0.25, 0.3) is 0 Å². The Bertz CT molecular complexity index is 643. The summed E-state index contributed by atoms with van der Waals surface area (Å²) in [7, 11) is 0. The van der Waals surface area contributed by atoms with Crippen molar-refractivity contribution in [1.29, 1.82) is 0 Å². The number of hydrogen-bond donors (Lipinski definition) is 0. The Morgan fingerprint density at radius 2 is 2.23 bits per heavy atom. The van der Waals surface area contributed by atoms with Gasteiger partial charge in [-0.1, -0.05) is 6.07 Å². The molecule has 2 fully saturated rings. The van der Waals surface area contributed by atoms with Crippen molar-refractivity contribution in [2.75, 3.05) is 24.5 Å². The molecule has 4 nitrogen and oxygen atoms in total. The van der Waals surface area contributed by atoms with E-state index in [9.17, 15) is 4.79 Å². The van der Waals surface area contributed by atoms with Crippen LogP contribution in [0.15, 0.2) is 42.0 Å². The van der Waals surface area contributed by atoms with Gasteiger partial charge in [-0.3, -0.25) is 14.7 Å². The molecule has 2 aliphatic rings. The van der Waals surface area contributed by atoms with Crippen LogP contribution in [0.1, 0.15) is 11.3 Å². The maximum absolute atomic E-state index is 12.8. The first-order valence-corrected chi connectivity index (χ1v) is 8.65. The van der Waals surface area contributed by atoms with Crippen LogP contribution in [0.5, 0.6) is 0 Å². The number of fused-ring (bicyclic) bond motifs is 1. The lowest BCUT2D eigenvalue weighted by Crippen LogP contribution is -2.45. The van der Waals surface area contributed by atoms with E-state index in [4.69, 9.17) is 0 Å². The summed E-state index contributed by atoms with van der Waals surface area (Å²) < 4.78 is 0. The molecule has 0 aliphatic carbocycles. The van der Waals surface area contributed by atoms with Gasteiger partial charge in [-0.05, 0) is 35.9 Å². The smallest absolute Gasteiger partial charge is 0.231 e. The summed E-state index contributed by atoms with van der Waals surface area (Å²) in [5.74, 6) is 0.937. The minimum absolute atomic E-state index is 0.147. The largest absolute Gasteiger partial charge is 0.311 e. The first kappa shape index (κ1) is 13.9. The van der Waals surface area contributed by atoms with Crippen molar-refractivity contribution in [2.45, 2.75) is 13.0 Å². The molecule has 2 unspecified atom stereocenters. The normalized spacial score (nSPS) is 25.5. The first-order valence-electron chi connectivity index (χ1n) is 7.77. The summed E-state index contributed by atoms with van der Waals surface area (Å²) >= 11 is 1.80. The number of carbonyl (C=O) groups excluding carboxylic acids is 1. The van der Waals surface area contributed by atoms with E-state index in [1.807, 2.05) is 17.0 Å². The van der Waals surface area contributed by atoms with Gasteiger partial charge in [0.15, 0.2) is 0 Å². The minimum Gasteiger partial charge on any atom is -0.311 e. The number of nitrogens with zero attached hydrogens (tertiary/aromatic N) is 3. The zero-order valence-corrected chi connectivity index (χ0v) is 13.2. The Balaban J connectivity index is 1.47. The molecule has 2 saturated heterocycles. The number of pyridine rings is 1. The summed E-state index contributed by atoms with van der Waals surface area (Å²) in [6.07, 6.45) is 4.63. The first-order chi connectivity index (χ1) is 10.8. The number of rotatable bonds is 3. The number of carbonyl (C=O) groups is 1. The maximum Gasteiger partial charge on any atom is 0.231 e. The summed E-state index contributed by atoms with van der Waals surface area (Å²) in [6.45, 7) is 3.73. The van der Waals surface area contributed by atoms with E-state index in [1.165, 1.54) is 4.88 Å². The Hall–Kier alpha value is -1.72. The zero-order chi connectivity index (χ0) is 14.9. The van der Waals surface area contributed by atoms with Crippen LogP contribution in [-0.4, -0.2) is 35.4 Å². The highest BCUT2D eigenvalue weighted by Gasteiger charge is 2.43. The zero-order valence-electron chi connectivity index (χ0n) is 12.4. The van der Waals surface area contributed by atoms with Crippen molar-refractivity contribution >= 4 is 22.9 Å². The van der Waals surface area contributed by atoms with Gasteiger partial charge in [0.1, 0.15) is 0 Å². The molecule has 0 N–H and O–H groups in total. The topological polar surface area (TPSA) is 36.4 Å². The highest BCUT2D eigenvalue weighted by Crippen LogP contribution is 2.35. The number of hydrogen-bond acceptors (Lipinski definition) is 4. The SMILES string of the molecule is O=C1C2CN(Cc3cccs3)CC2CCN1c1cccnc1. The van der Waals surface area contributed by atoms with Crippen LogP contribution in [-0.2, 0) is 11.3 Å². The van der Waals surface area contributed by atoms with Crippen LogP contribution in [0.3, 0.4) is 0 Å². The van der Waals surface area contributed by atoms with E-state index in [0.717, 1.165) is 38.3 Å². The van der Waals surface area contributed by atoms with Crippen LogP contribution < -0.4 is 4.90 Å². The summed E-state index contributed by atoms with van der Waals surface area (Å²) in [4.78, 5) is 22.7. The van der Waals surface area contributed by atoms with Crippen molar-refractivity contribution in [2.24, 2.45) is 11.8 Å². The fourth-order valence-electron chi connectivity index (χ4n) is 3.66. The second kappa shape index (κ2) is 5.82. The van der Waals surface area contributed by atoms with Crippen molar-refractivity contribution in [1.82, 2.24) is 9.88 Å². The molecule has 0 radical (unpaired) electrons. The highest BCUT2D eigenvalue weighted by atomic mass is 32.1. The average molecular weight is 313 g/mol. The standard InChI is InChI=1S/C17H19N3OS/c21-17-16-12-19(11-15-4-2-8-22-15)10-13(16)5-7-20(17)14-3-1-6-18-9-14/h1-4,6,8-9,13,16H,5,7,10-12H2. The lowest BCUT2D eigenvalue weighted by Gasteiger charge is -2.33. The van der Waals surface area contributed by atoms with E-state index < -0.39 is 0 Å². The monoisotopic (exact) mass is 313 g/mol. The van der Waals surface area contributed by atoms with Crippen molar-refractivity contribution in [3.05, 3.63) is 46.9 Å². The van der Waals surface area contributed by atoms with Crippen LogP contribution in [0, 0.1) is 11.8 Å². The van der Waals surface area contributed by atoms with E-state index in [1.54, 1.807) is 23.7 Å². The highest BCUT2D eigenvalue weighted by molar-refractivity contribution is 7.09. The molecule has 22 heavy (non-hydrogen) atoms. The molecule has 1 amide bonds. The molecule has 5 heteroatoms. The average Bonchev–Trinajstić information content (AvgIpc) is 3.19.